The number of carbonyl (C=O) groups excluding carboxylic acids is 2. The van der Waals surface area contributed by atoms with E-state index in [1.807, 2.05) is 13.8 Å². The molecule has 0 atom stereocenters. The van der Waals surface area contributed by atoms with Gasteiger partial charge in [-0.1, -0.05) is 20.3 Å². The van der Waals surface area contributed by atoms with E-state index >= 15 is 0 Å². The molecular weight excluding hydrogens is 230 g/mol. The van der Waals surface area contributed by atoms with Gasteiger partial charge in [0.15, 0.2) is 0 Å². The van der Waals surface area contributed by atoms with Gasteiger partial charge >= 0.3 is 0 Å². The van der Waals surface area contributed by atoms with E-state index in [2.05, 4.69) is 10.6 Å². The van der Waals surface area contributed by atoms with E-state index in [4.69, 9.17) is 5.73 Å². The average molecular weight is 255 g/mol. The van der Waals surface area contributed by atoms with Gasteiger partial charge < -0.3 is 16.4 Å². The molecule has 0 aromatic heterocycles. The average Bonchev–Trinajstić information content (AvgIpc) is 2.29. The fourth-order valence-corrected chi connectivity index (χ4v) is 2.12. The monoisotopic (exact) mass is 255 g/mol. The molecule has 1 saturated carbocycles. The third-order valence-corrected chi connectivity index (χ3v) is 3.65. The van der Waals surface area contributed by atoms with Crippen molar-refractivity contribution in [1.82, 2.24) is 10.6 Å². The number of rotatable bonds is 7. The van der Waals surface area contributed by atoms with Crippen LogP contribution < -0.4 is 16.4 Å². The molecule has 0 saturated heterocycles. The largest absolute Gasteiger partial charge is 0.354 e. The Morgan fingerprint density at radius 3 is 2.28 bits per heavy atom. The summed E-state index contributed by atoms with van der Waals surface area (Å²) >= 11 is 0. The molecule has 1 aliphatic carbocycles. The van der Waals surface area contributed by atoms with Gasteiger partial charge in [-0.25, -0.2) is 0 Å². The van der Waals surface area contributed by atoms with Crippen molar-refractivity contribution in [3.63, 3.8) is 0 Å². The minimum Gasteiger partial charge on any atom is -0.354 e. The van der Waals surface area contributed by atoms with Crippen LogP contribution in [0.25, 0.3) is 0 Å². The molecule has 1 rings (SSSR count). The molecule has 0 spiro atoms. The van der Waals surface area contributed by atoms with Crippen molar-refractivity contribution >= 4 is 11.8 Å². The first-order valence-corrected chi connectivity index (χ1v) is 6.73. The van der Waals surface area contributed by atoms with E-state index in [0.717, 1.165) is 12.8 Å². The summed E-state index contributed by atoms with van der Waals surface area (Å²) in [5.74, 6) is 0.0387. The first-order valence-electron chi connectivity index (χ1n) is 6.73. The maximum Gasteiger partial charge on any atom is 0.222 e. The topological polar surface area (TPSA) is 84.2 Å². The summed E-state index contributed by atoms with van der Waals surface area (Å²) in [6.07, 6.45) is 3.80. The highest BCUT2D eigenvalue weighted by Crippen LogP contribution is 2.42. The minimum absolute atomic E-state index is 0.0154. The highest BCUT2D eigenvalue weighted by molar-refractivity contribution is 5.78. The first kappa shape index (κ1) is 15.0. The van der Waals surface area contributed by atoms with Crippen molar-refractivity contribution in [3.05, 3.63) is 0 Å². The zero-order chi connectivity index (χ0) is 13.6. The minimum atomic E-state index is -0.0174. The quantitative estimate of drug-likeness (QED) is 0.575. The Kier molecular flexibility index (Phi) is 5.59. The van der Waals surface area contributed by atoms with Gasteiger partial charge in [0.05, 0.1) is 0 Å². The number of nitrogens with two attached hydrogens (primary N) is 1. The number of nitrogens with one attached hydrogen (secondary N) is 2. The molecule has 0 aromatic rings. The Morgan fingerprint density at radius 1 is 1.22 bits per heavy atom. The standard InChI is InChI=1S/C13H25N3O2/c1-10(2)12(18)16-7-6-15-11(17)8-13(9-14)4-3-5-13/h10H,3-9,14H2,1-2H3,(H,15,17)(H,16,18). The van der Waals surface area contributed by atoms with Crippen LogP contribution in [0.1, 0.15) is 39.5 Å². The predicted molar refractivity (Wildman–Crippen MR) is 70.8 cm³/mol. The maximum atomic E-state index is 11.7. The molecular formula is C13H25N3O2. The Bertz CT molecular complexity index is 293. The van der Waals surface area contributed by atoms with Gasteiger partial charge in [0.2, 0.25) is 11.8 Å². The highest BCUT2D eigenvalue weighted by atomic mass is 16.2. The Balaban J connectivity index is 2.12. The molecule has 18 heavy (non-hydrogen) atoms. The van der Waals surface area contributed by atoms with Crippen LogP contribution in [-0.2, 0) is 9.59 Å². The van der Waals surface area contributed by atoms with E-state index in [1.165, 1.54) is 6.42 Å². The highest BCUT2D eigenvalue weighted by Gasteiger charge is 2.37. The van der Waals surface area contributed by atoms with Gasteiger partial charge in [0, 0.05) is 25.4 Å². The van der Waals surface area contributed by atoms with E-state index in [-0.39, 0.29) is 23.1 Å². The summed E-state index contributed by atoms with van der Waals surface area (Å²) in [5.41, 5.74) is 5.75. The summed E-state index contributed by atoms with van der Waals surface area (Å²) in [5, 5.41) is 5.59. The Morgan fingerprint density at radius 2 is 1.83 bits per heavy atom. The van der Waals surface area contributed by atoms with Gasteiger partial charge in [0.1, 0.15) is 0 Å². The molecule has 0 bridgehead atoms. The van der Waals surface area contributed by atoms with E-state index in [9.17, 15) is 9.59 Å². The van der Waals surface area contributed by atoms with Gasteiger partial charge in [-0.15, -0.1) is 0 Å². The van der Waals surface area contributed by atoms with Gasteiger partial charge in [-0.3, -0.25) is 9.59 Å². The van der Waals surface area contributed by atoms with Crippen LogP contribution in [0.15, 0.2) is 0 Å². The van der Waals surface area contributed by atoms with Crippen molar-refractivity contribution < 1.29 is 9.59 Å². The second-order valence-corrected chi connectivity index (χ2v) is 5.53. The van der Waals surface area contributed by atoms with Crippen LogP contribution >= 0.6 is 0 Å². The van der Waals surface area contributed by atoms with Crippen molar-refractivity contribution in [2.45, 2.75) is 39.5 Å². The lowest BCUT2D eigenvalue weighted by atomic mass is 9.66. The second kappa shape index (κ2) is 6.73. The molecule has 5 nitrogen and oxygen atoms in total. The van der Waals surface area contributed by atoms with Crippen molar-refractivity contribution in [3.8, 4) is 0 Å². The normalized spacial score (nSPS) is 17.1. The smallest absolute Gasteiger partial charge is 0.222 e. The maximum absolute atomic E-state index is 11.7. The third-order valence-electron chi connectivity index (χ3n) is 3.65. The van der Waals surface area contributed by atoms with Gasteiger partial charge in [-0.05, 0) is 24.8 Å². The van der Waals surface area contributed by atoms with Crippen LogP contribution in [0.3, 0.4) is 0 Å². The van der Waals surface area contributed by atoms with E-state index < -0.39 is 0 Å². The molecule has 2 amide bonds. The summed E-state index contributed by atoms with van der Waals surface area (Å²) < 4.78 is 0. The molecule has 0 radical (unpaired) electrons. The Hall–Kier alpha value is -1.10. The van der Waals surface area contributed by atoms with Gasteiger partial charge in [0.25, 0.3) is 0 Å². The SMILES string of the molecule is CC(C)C(=O)NCCNC(=O)CC1(CN)CCC1. The number of hydrogen-bond donors (Lipinski definition) is 3. The number of amides is 2. The number of hydrogen-bond acceptors (Lipinski definition) is 3. The van der Waals surface area contributed by atoms with Crippen molar-refractivity contribution in [1.29, 1.82) is 0 Å². The molecule has 0 unspecified atom stereocenters. The fourth-order valence-electron chi connectivity index (χ4n) is 2.12. The second-order valence-electron chi connectivity index (χ2n) is 5.53. The van der Waals surface area contributed by atoms with Crippen LogP contribution in [0.4, 0.5) is 0 Å². The molecule has 1 fully saturated rings. The summed E-state index contributed by atoms with van der Waals surface area (Å²) in [7, 11) is 0. The summed E-state index contributed by atoms with van der Waals surface area (Å²) in [4.78, 5) is 23.0. The molecule has 5 heteroatoms. The first-order chi connectivity index (χ1) is 8.49. The number of carbonyl (C=O) groups is 2. The van der Waals surface area contributed by atoms with Crippen LogP contribution in [0.5, 0.6) is 0 Å². The molecule has 104 valence electrons. The van der Waals surface area contributed by atoms with E-state index in [0.29, 0.717) is 26.1 Å². The van der Waals surface area contributed by atoms with Crippen LogP contribution in [0, 0.1) is 11.3 Å². The summed E-state index contributed by atoms with van der Waals surface area (Å²) in [6, 6.07) is 0. The molecule has 0 aromatic carbocycles. The Labute approximate surface area is 109 Å². The van der Waals surface area contributed by atoms with E-state index in [1.54, 1.807) is 0 Å². The van der Waals surface area contributed by atoms with Crippen LogP contribution in [-0.4, -0.2) is 31.4 Å². The molecule has 4 N–H and O–H groups in total. The molecule has 0 aliphatic heterocycles. The molecule has 1 aliphatic rings. The lowest BCUT2D eigenvalue weighted by molar-refractivity contribution is -0.126. The van der Waals surface area contributed by atoms with Crippen LogP contribution in [0.2, 0.25) is 0 Å². The lowest BCUT2D eigenvalue weighted by Gasteiger charge is -2.40. The van der Waals surface area contributed by atoms with Crippen molar-refractivity contribution in [2.75, 3.05) is 19.6 Å². The summed E-state index contributed by atoms with van der Waals surface area (Å²) in [6.45, 7) is 5.24. The third kappa shape index (κ3) is 4.29. The zero-order valence-electron chi connectivity index (χ0n) is 11.4. The van der Waals surface area contributed by atoms with Crippen molar-refractivity contribution in [2.24, 2.45) is 17.1 Å². The zero-order valence-corrected chi connectivity index (χ0v) is 11.4. The fraction of sp³-hybridized carbons (Fsp3) is 0.846. The lowest BCUT2D eigenvalue weighted by Crippen LogP contribution is -2.43. The predicted octanol–water partition coefficient (Wildman–Crippen LogP) is 0.394. The molecule has 0 heterocycles. The van der Waals surface area contributed by atoms with Gasteiger partial charge in [-0.2, -0.15) is 0 Å².